The molecule has 4 heterocycles. The van der Waals surface area contributed by atoms with Gasteiger partial charge >= 0.3 is 0 Å². The van der Waals surface area contributed by atoms with Crippen LogP contribution >= 0.6 is 11.3 Å². The number of hydrogen-bond acceptors (Lipinski definition) is 4. The van der Waals surface area contributed by atoms with Crippen molar-refractivity contribution < 1.29 is 4.79 Å². The van der Waals surface area contributed by atoms with Gasteiger partial charge in [0.25, 0.3) is 5.91 Å². The molecule has 0 bridgehead atoms. The Morgan fingerprint density at radius 3 is 2.87 bits per heavy atom. The largest absolute Gasteiger partial charge is 0.347 e. The summed E-state index contributed by atoms with van der Waals surface area (Å²) in [5, 5.41) is 3.30. The van der Waals surface area contributed by atoms with Crippen molar-refractivity contribution in [3.05, 3.63) is 40.1 Å². The second-order valence-corrected chi connectivity index (χ2v) is 8.05. The van der Waals surface area contributed by atoms with Gasteiger partial charge in [0.15, 0.2) is 0 Å². The first kappa shape index (κ1) is 14.9. The molecule has 0 N–H and O–H groups in total. The maximum absolute atomic E-state index is 12.5. The molecule has 0 aromatic carbocycles. The van der Waals surface area contributed by atoms with Crippen molar-refractivity contribution in [2.24, 2.45) is 12.5 Å². The van der Waals surface area contributed by atoms with Crippen LogP contribution in [-0.4, -0.2) is 51.4 Å². The fourth-order valence-electron chi connectivity index (χ4n) is 3.88. The third-order valence-corrected chi connectivity index (χ3v) is 5.89. The summed E-state index contributed by atoms with van der Waals surface area (Å²) in [6, 6.07) is 3.83. The zero-order valence-electron chi connectivity index (χ0n) is 13.7. The number of carbonyl (C=O) groups excluding carboxylic acids is 1. The third kappa shape index (κ3) is 2.70. The zero-order chi connectivity index (χ0) is 16.0. The Kier molecular flexibility index (Phi) is 3.54. The highest BCUT2D eigenvalue weighted by Crippen LogP contribution is 2.40. The molecule has 0 radical (unpaired) electrons. The van der Waals surface area contributed by atoms with Gasteiger partial charge in [-0.1, -0.05) is 0 Å². The highest BCUT2D eigenvalue weighted by Gasteiger charge is 2.49. The highest BCUT2D eigenvalue weighted by molar-refractivity contribution is 7.09. The van der Waals surface area contributed by atoms with Crippen LogP contribution in [0.1, 0.15) is 27.6 Å². The molecule has 2 aromatic heterocycles. The molecule has 5 nitrogen and oxygen atoms in total. The molecule has 0 unspecified atom stereocenters. The lowest BCUT2D eigenvalue weighted by atomic mass is 9.79. The van der Waals surface area contributed by atoms with Crippen LogP contribution in [-0.2, 0) is 13.6 Å². The normalized spacial score (nSPS) is 20.2. The number of thiazole rings is 1. The number of amides is 1. The van der Waals surface area contributed by atoms with Crippen molar-refractivity contribution in [2.45, 2.75) is 19.9 Å². The van der Waals surface area contributed by atoms with E-state index >= 15 is 0 Å². The predicted octanol–water partition coefficient (Wildman–Crippen LogP) is 2.14. The second kappa shape index (κ2) is 5.46. The van der Waals surface area contributed by atoms with Crippen LogP contribution in [0, 0.1) is 12.3 Å². The zero-order valence-corrected chi connectivity index (χ0v) is 14.5. The summed E-state index contributed by atoms with van der Waals surface area (Å²) >= 11 is 1.72. The molecule has 2 fully saturated rings. The minimum absolute atomic E-state index is 0.164. The fourth-order valence-corrected chi connectivity index (χ4v) is 4.49. The SMILES string of the molecule is Cc1nc(CN2CCC3(C2)CN(C(=O)c2cccn2C)C3)cs1. The van der Waals surface area contributed by atoms with E-state index in [0.717, 1.165) is 43.4 Å². The number of rotatable bonds is 3. The molecular weight excluding hydrogens is 308 g/mol. The van der Waals surface area contributed by atoms with E-state index in [0.29, 0.717) is 5.41 Å². The summed E-state index contributed by atoms with van der Waals surface area (Å²) in [5.41, 5.74) is 2.28. The number of aromatic nitrogens is 2. The van der Waals surface area contributed by atoms with E-state index in [1.807, 2.05) is 34.8 Å². The first-order valence-corrected chi connectivity index (χ1v) is 8.97. The van der Waals surface area contributed by atoms with Crippen LogP contribution in [0.5, 0.6) is 0 Å². The Hall–Kier alpha value is -1.66. The summed E-state index contributed by atoms with van der Waals surface area (Å²) in [5.74, 6) is 0.164. The summed E-state index contributed by atoms with van der Waals surface area (Å²) < 4.78 is 1.90. The summed E-state index contributed by atoms with van der Waals surface area (Å²) in [7, 11) is 1.93. The molecule has 1 amide bonds. The molecule has 0 saturated carbocycles. The predicted molar refractivity (Wildman–Crippen MR) is 90.5 cm³/mol. The van der Waals surface area contributed by atoms with Crippen LogP contribution in [0.15, 0.2) is 23.7 Å². The van der Waals surface area contributed by atoms with Gasteiger partial charge in [-0.3, -0.25) is 9.69 Å². The van der Waals surface area contributed by atoms with E-state index in [1.165, 1.54) is 12.1 Å². The van der Waals surface area contributed by atoms with E-state index in [4.69, 9.17) is 0 Å². The Bertz CT molecular complexity index is 729. The summed E-state index contributed by atoms with van der Waals surface area (Å²) in [4.78, 5) is 21.5. The topological polar surface area (TPSA) is 41.4 Å². The van der Waals surface area contributed by atoms with Crippen LogP contribution in [0.3, 0.4) is 0 Å². The molecule has 122 valence electrons. The minimum Gasteiger partial charge on any atom is -0.347 e. The van der Waals surface area contributed by atoms with Crippen LogP contribution in [0.25, 0.3) is 0 Å². The lowest BCUT2D eigenvalue weighted by Crippen LogP contribution is -2.59. The van der Waals surface area contributed by atoms with Gasteiger partial charge in [-0.05, 0) is 32.0 Å². The summed E-state index contributed by atoms with van der Waals surface area (Å²) in [6.07, 6.45) is 3.11. The van der Waals surface area contributed by atoms with E-state index in [9.17, 15) is 4.79 Å². The van der Waals surface area contributed by atoms with E-state index in [1.54, 1.807) is 11.3 Å². The molecule has 4 rings (SSSR count). The van der Waals surface area contributed by atoms with Crippen LogP contribution < -0.4 is 0 Å². The average molecular weight is 330 g/mol. The van der Waals surface area contributed by atoms with Crippen molar-refractivity contribution in [3.63, 3.8) is 0 Å². The van der Waals surface area contributed by atoms with Gasteiger partial charge in [0.1, 0.15) is 5.69 Å². The first-order valence-electron chi connectivity index (χ1n) is 8.09. The van der Waals surface area contributed by atoms with Crippen molar-refractivity contribution >= 4 is 17.2 Å². The molecule has 0 aliphatic carbocycles. The maximum Gasteiger partial charge on any atom is 0.270 e. The van der Waals surface area contributed by atoms with Crippen molar-refractivity contribution in [2.75, 3.05) is 26.2 Å². The quantitative estimate of drug-likeness (QED) is 0.866. The van der Waals surface area contributed by atoms with E-state index in [2.05, 4.69) is 22.2 Å². The summed E-state index contributed by atoms with van der Waals surface area (Å²) in [6.45, 7) is 6.98. The van der Waals surface area contributed by atoms with Gasteiger partial charge in [0.05, 0.1) is 10.7 Å². The number of likely N-dealkylation sites (tertiary alicyclic amines) is 2. The Labute approximate surface area is 140 Å². The number of nitrogens with zero attached hydrogens (tertiary/aromatic N) is 4. The number of hydrogen-bond donors (Lipinski definition) is 0. The van der Waals surface area contributed by atoms with Gasteiger partial charge in [-0.2, -0.15) is 0 Å². The first-order chi connectivity index (χ1) is 11.0. The minimum atomic E-state index is 0.164. The average Bonchev–Trinajstić information content (AvgIpc) is 3.18. The van der Waals surface area contributed by atoms with Crippen molar-refractivity contribution in [1.82, 2.24) is 19.4 Å². The number of carbonyl (C=O) groups is 1. The molecule has 1 spiro atoms. The lowest BCUT2D eigenvalue weighted by Gasteiger charge is -2.48. The van der Waals surface area contributed by atoms with Crippen LogP contribution in [0.4, 0.5) is 0 Å². The van der Waals surface area contributed by atoms with E-state index in [-0.39, 0.29) is 5.91 Å². The third-order valence-electron chi connectivity index (χ3n) is 5.07. The van der Waals surface area contributed by atoms with Crippen molar-refractivity contribution in [3.8, 4) is 0 Å². The van der Waals surface area contributed by atoms with Gasteiger partial charge in [-0.25, -0.2) is 4.98 Å². The molecule has 0 atom stereocenters. The molecule has 6 heteroatoms. The second-order valence-electron chi connectivity index (χ2n) is 6.98. The van der Waals surface area contributed by atoms with Gasteiger partial charge in [0.2, 0.25) is 0 Å². The van der Waals surface area contributed by atoms with Gasteiger partial charge in [0, 0.05) is 50.2 Å². The number of aryl methyl sites for hydroxylation is 2. The lowest BCUT2D eigenvalue weighted by molar-refractivity contribution is 0.00957. The maximum atomic E-state index is 12.5. The Morgan fingerprint density at radius 2 is 2.22 bits per heavy atom. The Balaban J connectivity index is 1.34. The fraction of sp³-hybridized carbons (Fsp3) is 0.529. The molecular formula is C17H22N4OS. The van der Waals surface area contributed by atoms with E-state index < -0.39 is 0 Å². The van der Waals surface area contributed by atoms with Gasteiger partial charge < -0.3 is 9.47 Å². The monoisotopic (exact) mass is 330 g/mol. The van der Waals surface area contributed by atoms with Crippen LogP contribution in [0.2, 0.25) is 0 Å². The molecule has 23 heavy (non-hydrogen) atoms. The smallest absolute Gasteiger partial charge is 0.270 e. The molecule has 2 aliphatic rings. The molecule has 2 aromatic rings. The molecule has 2 aliphatic heterocycles. The highest BCUT2D eigenvalue weighted by atomic mass is 32.1. The van der Waals surface area contributed by atoms with Crippen molar-refractivity contribution in [1.29, 1.82) is 0 Å². The Morgan fingerprint density at radius 1 is 1.39 bits per heavy atom. The molecule has 2 saturated heterocycles. The standard InChI is InChI=1S/C17H22N4OS/c1-13-18-14(9-23-13)8-20-7-5-17(10-20)11-21(12-17)16(22)15-4-3-6-19(15)2/h3-4,6,9H,5,7-8,10-12H2,1-2H3. The van der Waals surface area contributed by atoms with Gasteiger partial charge in [-0.15, -0.1) is 11.3 Å².